The Bertz CT molecular complexity index is 352. The van der Waals surface area contributed by atoms with Gasteiger partial charge in [0.15, 0.2) is 0 Å². The first-order valence-corrected chi connectivity index (χ1v) is 8.20. The lowest BCUT2D eigenvalue weighted by molar-refractivity contribution is 1.08. The Hall–Kier alpha value is 0.597. The van der Waals surface area contributed by atoms with E-state index in [4.69, 9.17) is 46.4 Å². The van der Waals surface area contributed by atoms with Crippen LogP contribution in [-0.2, 0) is 5.88 Å². The third-order valence-corrected chi connectivity index (χ3v) is 6.20. The molecule has 0 aliphatic rings. The summed E-state index contributed by atoms with van der Waals surface area (Å²) in [5, 5.41) is 2.95. The molecular weight excluding hydrogens is 290 g/mol. The van der Waals surface area contributed by atoms with Crippen molar-refractivity contribution < 1.29 is 0 Å². The molecule has 0 nitrogen and oxygen atoms in total. The predicted octanol–water partition coefficient (Wildman–Crippen LogP) is 4.01. The van der Waals surface area contributed by atoms with Gasteiger partial charge < -0.3 is 0 Å². The summed E-state index contributed by atoms with van der Waals surface area (Å²) in [5.41, 5.74) is 0.770. The maximum Gasteiger partial charge on any atom is 0.0651 e. The molecule has 0 atom stereocenters. The monoisotopic (exact) mass is 300 g/mol. The fourth-order valence-electron chi connectivity index (χ4n) is 1.38. The molecule has 0 bridgehead atoms. The molecule has 1 aromatic rings. The highest BCUT2D eigenvalue weighted by atomic mass is 35.5. The van der Waals surface area contributed by atoms with Crippen LogP contribution in [0.1, 0.15) is 18.9 Å². The number of hydrogen-bond donors (Lipinski definition) is 0. The van der Waals surface area contributed by atoms with Crippen LogP contribution in [0.2, 0.25) is 21.1 Å². The van der Waals surface area contributed by atoms with E-state index in [-0.39, 0.29) is 9.52 Å². The van der Waals surface area contributed by atoms with Crippen molar-refractivity contribution in [3.63, 3.8) is 0 Å². The molecule has 15 heavy (non-hydrogen) atoms. The van der Waals surface area contributed by atoms with Crippen molar-refractivity contribution in [2.24, 2.45) is 0 Å². The van der Waals surface area contributed by atoms with E-state index >= 15 is 0 Å². The van der Waals surface area contributed by atoms with Crippen LogP contribution in [0.25, 0.3) is 0 Å². The standard InChI is InChI=1S/C10H12Cl4Si/c1-2-3-15-8-4-7(12)9(13)6(5-11)10(8)14/h4H,2-3,5,15H2,1H3. The third-order valence-electron chi connectivity index (χ3n) is 2.26. The number of halogens is 4. The summed E-state index contributed by atoms with van der Waals surface area (Å²) in [4.78, 5) is 0. The Morgan fingerprint density at radius 1 is 1.20 bits per heavy atom. The minimum atomic E-state index is -0.342. The maximum atomic E-state index is 6.23. The lowest BCUT2D eigenvalue weighted by Gasteiger charge is -2.10. The Morgan fingerprint density at radius 3 is 2.40 bits per heavy atom. The van der Waals surface area contributed by atoms with Gasteiger partial charge in [0.1, 0.15) is 0 Å². The van der Waals surface area contributed by atoms with Gasteiger partial charge in [0.2, 0.25) is 0 Å². The van der Waals surface area contributed by atoms with Crippen LogP contribution in [0, 0.1) is 0 Å². The molecule has 0 fully saturated rings. The summed E-state index contributed by atoms with van der Waals surface area (Å²) in [6.07, 6.45) is 1.18. The largest absolute Gasteiger partial charge is 0.121 e. The number of benzene rings is 1. The summed E-state index contributed by atoms with van der Waals surface area (Å²) in [5.74, 6) is 0.311. The van der Waals surface area contributed by atoms with E-state index in [1.807, 2.05) is 6.07 Å². The Labute approximate surface area is 113 Å². The van der Waals surface area contributed by atoms with Crippen molar-refractivity contribution >= 4 is 61.1 Å². The van der Waals surface area contributed by atoms with E-state index in [1.54, 1.807) is 0 Å². The number of hydrogen-bond acceptors (Lipinski definition) is 0. The third kappa shape index (κ3) is 3.27. The lowest BCUT2D eigenvalue weighted by atomic mass is 10.2. The van der Waals surface area contributed by atoms with Crippen molar-refractivity contribution in [1.29, 1.82) is 0 Å². The zero-order valence-electron chi connectivity index (χ0n) is 8.42. The van der Waals surface area contributed by atoms with Crippen molar-refractivity contribution in [3.8, 4) is 0 Å². The Kier molecular flexibility index (Phi) is 5.79. The highest BCUT2D eigenvalue weighted by Crippen LogP contribution is 2.31. The molecule has 1 aromatic carbocycles. The van der Waals surface area contributed by atoms with Crippen LogP contribution in [0.15, 0.2) is 6.07 Å². The fourth-order valence-corrected chi connectivity index (χ4v) is 4.44. The number of alkyl halides is 1. The van der Waals surface area contributed by atoms with Crippen molar-refractivity contribution in [2.75, 3.05) is 0 Å². The molecule has 0 spiro atoms. The molecule has 0 aromatic heterocycles. The van der Waals surface area contributed by atoms with Gasteiger partial charge in [-0.2, -0.15) is 0 Å². The maximum absolute atomic E-state index is 6.23. The first-order valence-electron chi connectivity index (χ1n) is 4.83. The molecule has 0 aliphatic heterocycles. The van der Waals surface area contributed by atoms with Gasteiger partial charge in [0, 0.05) is 10.6 Å². The molecule has 0 heterocycles. The molecule has 0 unspecified atom stereocenters. The molecule has 0 aliphatic carbocycles. The second-order valence-corrected chi connectivity index (χ2v) is 6.76. The van der Waals surface area contributed by atoms with Gasteiger partial charge in [0.05, 0.1) is 25.4 Å². The summed E-state index contributed by atoms with van der Waals surface area (Å²) in [6, 6.07) is 3.11. The van der Waals surface area contributed by atoms with Gasteiger partial charge in [-0.15, -0.1) is 11.6 Å². The van der Waals surface area contributed by atoms with Crippen LogP contribution >= 0.6 is 46.4 Å². The average Bonchev–Trinajstić information content (AvgIpc) is 2.22. The van der Waals surface area contributed by atoms with Gasteiger partial charge in [-0.05, 0) is 11.3 Å². The van der Waals surface area contributed by atoms with E-state index < -0.39 is 0 Å². The van der Waals surface area contributed by atoms with Crippen molar-refractivity contribution in [2.45, 2.75) is 25.3 Å². The summed E-state index contributed by atoms with van der Waals surface area (Å²) >= 11 is 24.1. The van der Waals surface area contributed by atoms with E-state index in [0.29, 0.717) is 15.9 Å². The minimum absolute atomic E-state index is 0.311. The molecular formula is C10H12Cl4Si. The Morgan fingerprint density at radius 2 is 1.87 bits per heavy atom. The second kappa shape index (κ2) is 6.36. The molecule has 5 heteroatoms. The quantitative estimate of drug-likeness (QED) is 0.448. The molecule has 0 amide bonds. The first kappa shape index (κ1) is 13.7. The average molecular weight is 302 g/mol. The number of rotatable bonds is 4. The van der Waals surface area contributed by atoms with E-state index in [9.17, 15) is 0 Å². The Balaban J connectivity index is 3.12. The van der Waals surface area contributed by atoms with Crippen LogP contribution in [0.5, 0.6) is 0 Å². The second-order valence-electron chi connectivity index (χ2n) is 3.36. The summed E-state index contributed by atoms with van der Waals surface area (Å²) in [6.45, 7) is 2.17. The van der Waals surface area contributed by atoms with E-state index in [2.05, 4.69) is 6.92 Å². The summed E-state index contributed by atoms with van der Waals surface area (Å²) in [7, 11) is -0.342. The first-order chi connectivity index (χ1) is 7.11. The molecule has 1 rings (SSSR count). The zero-order chi connectivity index (χ0) is 11.4. The van der Waals surface area contributed by atoms with Crippen LogP contribution < -0.4 is 5.19 Å². The highest BCUT2D eigenvalue weighted by Gasteiger charge is 2.13. The normalized spacial score (nSPS) is 11.5. The van der Waals surface area contributed by atoms with Gasteiger partial charge in [0.25, 0.3) is 0 Å². The van der Waals surface area contributed by atoms with Crippen LogP contribution in [0.4, 0.5) is 0 Å². The van der Waals surface area contributed by atoms with Crippen LogP contribution in [0.3, 0.4) is 0 Å². The molecule has 0 saturated carbocycles. The van der Waals surface area contributed by atoms with Crippen molar-refractivity contribution in [3.05, 3.63) is 26.7 Å². The minimum Gasteiger partial charge on any atom is -0.121 e. The van der Waals surface area contributed by atoms with Gasteiger partial charge in [-0.25, -0.2) is 0 Å². The smallest absolute Gasteiger partial charge is 0.0651 e. The topological polar surface area (TPSA) is 0 Å². The lowest BCUT2D eigenvalue weighted by Crippen LogP contribution is -2.16. The van der Waals surface area contributed by atoms with Gasteiger partial charge >= 0.3 is 0 Å². The SMILES string of the molecule is CCC[SiH2]c1cc(Cl)c(Cl)c(CCl)c1Cl. The fraction of sp³-hybridized carbons (Fsp3) is 0.400. The predicted molar refractivity (Wildman–Crippen MR) is 74.3 cm³/mol. The molecule has 84 valence electrons. The van der Waals surface area contributed by atoms with E-state index in [0.717, 1.165) is 10.6 Å². The molecule has 0 radical (unpaired) electrons. The molecule has 0 N–H and O–H groups in total. The van der Waals surface area contributed by atoms with E-state index in [1.165, 1.54) is 17.7 Å². The summed E-state index contributed by atoms with van der Waals surface area (Å²) < 4.78 is 0. The van der Waals surface area contributed by atoms with Crippen molar-refractivity contribution in [1.82, 2.24) is 0 Å². The van der Waals surface area contributed by atoms with Gasteiger partial charge in [-0.1, -0.05) is 54.2 Å². The highest BCUT2D eigenvalue weighted by molar-refractivity contribution is 6.60. The zero-order valence-corrected chi connectivity index (χ0v) is 12.9. The van der Waals surface area contributed by atoms with Crippen LogP contribution in [-0.4, -0.2) is 9.52 Å². The van der Waals surface area contributed by atoms with Gasteiger partial charge in [-0.3, -0.25) is 0 Å². The molecule has 0 saturated heterocycles.